The first-order valence-electron chi connectivity index (χ1n) is 6.47. The van der Waals surface area contributed by atoms with Gasteiger partial charge in [-0.2, -0.15) is 5.06 Å². The quantitative estimate of drug-likeness (QED) is 0.670. The van der Waals surface area contributed by atoms with Crippen LogP contribution in [0.2, 0.25) is 0 Å². The average molecular weight is 263 g/mol. The Morgan fingerprint density at radius 1 is 1.42 bits per heavy atom. The van der Waals surface area contributed by atoms with E-state index in [1.54, 1.807) is 6.07 Å². The van der Waals surface area contributed by atoms with Crippen molar-refractivity contribution in [1.82, 2.24) is 5.06 Å². The van der Waals surface area contributed by atoms with Gasteiger partial charge < -0.3 is 9.62 Å². The highest BCUT2D eigenvalue weighted by atomic mass is 16.5. The zero-order valence-electron chi connectivity index (χ0n) is 11.9. The molecule has 0 aromatic carbocycles. The van der Waals surface area contributed by atoms with Crippen LogP contribution in [0.15, 0.2) is 34.7 Å². The second kappa shape index (κ2) is 4.62. The Balaban J connectivity index is 2.19. The summed E-state index contributed by atoms with van der Waals surface area (Å²) in [7, 11) is 0. The molecule has 1 aromatic heterocycles. The van der Waals surface area contributed by atoms with Crippen LogP contribution in [0.4, 0.5) is 0 Å². The number of hydrogen-bond acceptors (Lipinski definition) is 4. The van der Waals surface area contributed by atoms with Gasteiger partial charge in [-0.05, 0) is 40.2 Å². The van der Waals surface area contributed by atoms with Gasteiger partial charge in [0.2, 0.25) is 0 Å². The standard InChI is InChI=1S/C15H21NO3/c1-14(2)8-11(9-15(3,4)16(14)18)7-13(17)12-5-6-19-10-12/h5-6,8,10,18H,7,9H2,1-4H3. The van der Waals surface area contributed by atoms with E-state index in [2.05, 4.69) is 0 Å². The number of carbonyl (C=O) groups excluding carboxylic acids is 1. The van der Waals surface area contributed by atoms with E-state index in [1.165, 1.54) is 17.6 Å². The zero-order valence-corrected chi connectivity index (χ0v) is 11.9. The largest absolute Gasteiger partial charge is 0.472 e. The summed E-state index contributed by atoms with van der Waals surface area (Å²) in [5.74, 6) is 0.0537. The average Bonchev–Trinajstić information content (AvgIpc) is 2.78. The van der Waals surface area contributed by atoms with Crippen molar-refractivity contribution in [3.8, 4) is 0 Å². The summed E-state index contributed by atoms with van der Waals surface area (Å²) < 4.78 is 4.94. The monoisotopic (exact) mass is 263 g/mol. The number of rotatable bonds is 3. The van der Waals surface area contributed by atoms with Crippen molar-refractivity contribution in [1.29, 1.82) is 0 Å². The lowest BCUT2D eigenvalue weighted by atomic mass is 9.81. The molecule has 1 aliphatic rings. The molecular weight excluding hydrogens is 242 g/mol. The third-order valence-electron chi connectivity index (χ3n) is 3.57. The number of nitrogens with zero attached hydrogens (tertiary/aromatic N) is 1. The lowest BCUT2D eigenvalue weighted by Gasteiger charge is -2.47. The van der Waals surface area contributed by atoms with Gasteiger partial charge in [-0.25, -0.2) is 0 Å². The smallest absolute Gasteiger partial charge is 0.170 e. The van der Waals surface area contributed by atoms with E-state index in [1.807, 2.05) is 33.8 Å². The van der Waals surface area contributed by atoms with Crippen LogP contribution in [-0.4, -0.2) is 27.1 Å². The van der Waals surface area contributed by atoms with Gasteiger partial charge in [0, 0.05) is 12.0 Å². The SMILES string of the molecule is CC1(C)C=C(CC(=O)c2ccoc2)CC(C)(C)N1O. The number of hydrogen-bond donors (Lipinski definition) is 1. The Bertz CT molecular complexity index is 497. The van der Waals surface area contributed by atoms with Gasteiger partial charge in [-0.15, -0.1) is 0 Å². The fraction of sp³-hybridized carbons (Fsp3) is 0.533. The summed E-state index contributed by atoms with van der Waals surface area (Å²) in [5, 5.41) is 11.6. The van der Waals surface area contributed by atoms with Gasteiger partial charge in [-0.1, -0.05) is 11.6 Å². The number of furan rings is 1. The first kappa shape index (κ1) is 14.0. The molecule has 4 nitrogen and oxygen atoms in total. The van der Waals surface area contributed by atoms with Crippen molar-refractivity contribution in [3.63, 3.8) is 0 Å². The van der Waals surface area contributed by atoms with Crippen LogP contribution in [0, 0.1) is 0 Å². The molecule has 19 heavy (non-hydrogen) atoms. The number of hydroxylamine groups is 2. The van der Waals surface area contributed by atoms with E-state index in [4.69, 9.17) is 4.42 Å². The molecule has 1 aromatic rings. The molecule has 0 saturated heterocycles. The van der Waals surface area contributed by atoms with Gasteiger partial charge in [0.25, 0.3) is 0 Å². The Morgan fingerprint density at radius 3 is 2.63 bits per heavy atom. The molecule has 0 spiro atoms. The Hall–Kier alpha value is -1.39. The number of Topliss-reactive ketones (excluding diaryl/α,β-unsaturated/α-hetero) is 1. The van der Waals surface area contributed by atoms with Gasteiger partial charge in [-0.3, -0.25) is 4.79 Å². The van der Waals surface area contributed by atoms with Crippen molar-refractivity contribution < 1.29 is 14.4 Å². The fourth-order valence-electron chi connectivity index (χ4n) is 2.87. The van der Waals surface area contributed by atoms with Gasteiger partial charge in [0.15, 0.2) is 5.78 Å². The lowest BCUT2D eigenvalue weighted by Crippen LogP contribution is -2.55. The van der Waals surface area contributed by atoms with Crippen LogP contribution in [0.1, 0.15) is 50.9 Å². The number of carbonyl (C=O) groups is 1. The molecule has 1 N–H and O–H groups in total. The minimum Gasteiger partial charge on any atom is -0.472 e. The first-order valence-corrected chi connectivity index (χ1v) is 6.47. The summed E-state index contributed by atoms with van der Waals surface area (Å²) in [5.41, 5.74) is 0.826. The van der Waals surface area contributed by atoms with Crippen molar-refractivity contribution in [3.05, 3.63) is 35.8 Å². The van der Waals surface area contributed by atoms with Crippen LogP contribution >= 0.6 is 0 Å². The molecule has 2 rings (SSSR count). The molecule has 0 fully saturated rings. The van der Waals surface area contributed by atoms with E-state index in [-0.39, 0.29) is 11.3 Å². The van der Waals surface area contributed by atoms with Gasteiger partial charge in [0.1, 0.15) is 6.26 Å². The van der Waals surface area contributed by atoms with E-state index in [0.717, 1.165) is 5.57 Å². The third kappa shape index (κ3) is 2.80. The second-order valence-electron chi connectivity index (χ2n) is 6.37. The molecule has 0 amide bonds. The van der Waals surface area contributed by atoms with Crippen LogP contribution < -0.4 is 0 Å². The van der Waals surface area contributed by atoms with Gasteiger partial charge in [0.05, 0.1) is 17.4 Å². The molecule has 2 heterocycles. The fourth-order valence-corrected chi connectivity index (χ4v) is 2.87. The molecule has 0 aliphatic carbocycles. The van der Waals surface area contributed by atoms with E-state index in [9.17, 15) is 10.0 Å². The Morgan fingerprint density at radius 2 is 2.11 bits per heavy atom. The van der Waals surface area contributed by atoms with Crippen molar-refractivity contribution in [2.75, 3.05) is 0 Å². The summed E-state index contributed by atoms with van der Waals surface area (Å²) in [4.78, 5) is 12.1. The summed E-state index contributed by atoms with van der Waals surface area (Å²) >= 11 is 0. The molecule has 0 saturated carbocycles. The maximum atomic E-state index is 12.1. The third-order valence-corrected chi connectivity index (χ3v) is 3.57. The lowest BCUT2D eigenvalue weighted by molar-refractivity contribution is -0.214. The molecule has 0 unspecified atom stereocenters. The van der Waals surface area contributed by atoms with Crippen LogP contribution in [0.25, 0.3) is 0 Å². The minimum atomic E-state index is -0.465. The van der Waals surface area contributed by atoms with E-state index < -0.39 is 5.54 Å². The first-order chi connectivity index (χ1) is 8.72. The zero-order chi connectivity index (χ0) is 14.3. The minimum absolute atomic E-state index is 0.0537. The van der Waals surface area contributed by atoms with Crippen molar-refractivity contribution in [2.45, 2.75) is 51.6 Å². The predicted molar refractivity (Wildman–Crippen MR) is 72.1 cm³/mol. The highest BCUT2D eigenvalue weighted by Crippen LogP contribution is 2.37. The summed E-state index contributed by atoms with van der Waals surface area (Å²) in [6.07, 6.45) is 6.01. The predicted octanol–water partition coefficient (Wildman–Crippen LogP) is 3.43. The molecule has 0 atom stereocenters. The van der Waals surface area contributed by atoms with Crippen LogP contribution in [-0.2, 0) is 0 Å². The highest BCUT2D eigenvalue weighted by molar-refractivity contribution is 5.97. The number of ketones is 1. The maximum absolute atomic E-state index is 12.1. The Kier molecular flexibility index (Phi) is 3.41. The van der Waals surface area contributed by atoms with E-state index in [0.29, 0.717) is 18.4 Å². The second-order valence-corrected chi connectivity index (χ2v) is 6.37. The maximum Gasteiger partial charge on any atom is 0.170 e. The molecule has 4 heteroatoms. The Labute approximate surface area is 113 Å². The molecule has 0 bridgehead atoms. The van der Waals surface area contributed by atoms with E-state index >= 15 is 0 Å². The van der Waals surface area contributed by atoms with Crippen molar-refractivity contribution >= 4 is 5.78 Å². The van der Waals surface area contributed by atoms with Crippen molar-refractivity contribution in [2.24, 2.45) is 0 Å². The normalized spacial score (nSPS) is 22.1. The van der Waals surface area contributed by atoms with Crippen LogP contribution in [0.5, 0.6) is 0 Å². The molecule has 1 aliphatic heterocycles. The summed E-state index contributed by atoms with van der Waals surface area (Å²) in [6, 6.07) is 1.68. The van der Waals surface area contributed by atoms with Gasteiger partial charge >= 0.3 is 0 Å². The molecular formula is C15H21NO3. The highest BCUT2D eigenvalue weighted by Gasteiger charge is 2.40. The molecule has 104 valence electrons. The summed E-state index contributed by atoms with van der Waals surface area (Å²) in [6.45, 7) is 7.83. The van der Waals surface area contributed by atoms with Crippen LogP contribution in [0.3, 0.4) is 0 Å². The molecule has 0 radical (unpaired) electrons. The topological polar surface area (TPSA) is 53.7 Å².